The third kappa shape index (κ3) is 3.43. The molecule has 0 radical (unpaired) electrons. The number of nitrogens with zero attached hydrogens (tertiary/aromatic N) is 1. The summed E-state index contributed by atoms with van der Waals surface area (Å²) in [5.41, 5.74) is 0.250. The minimum Gasteiger partial charge on any atom is -0.347 e. The van der Waals surface area contributed by atoms with E-state index in [1.165, 1.54) is 6.07 Å². The molecule has 0 aromatic heterocycles. The van der Waals surface area contributed by atoms with Crippen LogP contribution in [0.15, 0.2) is 18.2 Å². The first-order valence-electron chi connectivity index (χ1n) is 7.32. The lowest BCUT2D eigenvalue weighted by molar-refractivity contribution is -0.185. The first-order chi connectivity index (χ1) is 10.6. The maximum atomic E-state index is 13.1. The Morgan fingerprint density at radius 2 is 1.86 bits per heavy atom. The summed E-state index contributed by atoms with van der Waals surface area (Å²) in [7, 11) is 0. The zero-order valence-electron chi connectivity index (χ0n) is 12.1. The van der Waals surface area contributed by atoms with E-state index in [0.29, 0.717) is 26.3 Å². The van der Waals surface area contributed by atoms with E-state index in [4.69, 9.17) is 9.47 Å². The molecule has 2 aliphatic rings. The SMILES string of the molecule is O=C(CN1CCC2(CC1)OCCO2)Nc1ccc(F)c(F)c1. The third-order valence-electron chi connectivity index (χ3n) is 4.00. The lowest BCUT2D eigenvalue weighted by atomic mass is 10.0. The Morgan fingerprint density at radius 1 is 1.18 bits per heavy atom. The van der Waals surface area contributed by atoms with Crippen LogP contribution in [0, 0.1) is 11.6 Å². The van der Waals surface area contributed by atoms with Gasteiger partial charge in [0.25, 0.3) is 0 Å². The number of nitrogens with one attached hydrogen (secondary N) is 1. The Labute approximate surface area is 127 Å². The van der Waals surface area contributed by atoms with Crippen molar-refractivity contribution in [3.63, 3.8) is 0 Å². The van der Waals surface area contributed by atoms with Crippen molar-refractivity contribution in [3.05, 3.63) is 29.8 Å². The van der Waals surface area contributed by atoms with Gasteiger partial charge in [0.1, 0.15) is 0 Å². The molecule has 2 saturated heterocycles. The fourth-order valence-corrected chi connectivity index (χ4v) is 2.82. The van der Waals surface area contributed by atoms with Crippen LogP contribution in [0.25, 0.3) is 0 Å². The number of benzene rings is 1. The molecule has 2 fully saturated rings. The molecule has 0 unspecified atom stereocenters. The molecule has 1 aromatic rings. The van der Waals surface area contributed by atoms with Gasteiger partial charge in [-0.2, -0.15) is 0 Å². The van der Waals surface area contributed by atoms with Crippen molar-refractivity contribution in [2.75, 3.05) is 38.2 Å². The molecule has 0 saturated carbocycles. The number of carbonyl (C=O) groups is 1. The number of rotatable bonds is 3. The molecule has 1 aromatic carbocycles. The van der Waals surface area contributed by atoms with E-state index in [1.54, 1.807) is 0 Å². The number of amides is 1. The van der Waals surface area contributed by atoms with Gasteiger partial charge in [-0.3, -0.25) is 9.69 Å². The summed E-state index contributed by atoms with van der Waals surface area (Å²) in [6.07, 6.45) is 1.46. The number of likely N-dealkylation sites (tertiary alicyclic amines) is 1. The number of halogens is 2. The Kier molecular flexibility index (Phi) is 4.37. The first-order valence-corrected chi connectivity index (χ1v) is 7.32. The van der Waals surface area contributed by atoms with Gasteiger partial charge < -0.3 is 14.8 Å². The summed E-state index contributed by atoms with van der Waals surface area (Å²) in [6, 6.07) is 3.30. The molecule has 3 rings (SSSR count). The van der Waals surface area contributed by atoms with Crippen LogP contribution in [0.3, 0.4) is 0 Å². The zero-order valence-corrected chi connectivity index (χ0v) is 12.1. The average molecular weight is 312 g/mol. The highest BCUT2D eigenvalue weighted by Crippen LogP contribution is 2.31. The van der Waals surface area contributed by atoms with Crippen LogP contribution in [0.2, 0.25) is 0 Å². The van der Waals surface area contributed by atoms with E-state index in [0.717, 1.165) is 25.0 Å². The van der Waals surface area contributed by atoms with Crippen LogP contribution >= 0.6 is 0 Å². The molecule has 0 aliphatic carbocycles. The summed E-state index contributed by atoms with van der Waals surface area (Å²) in [5.74, 6) is -2.63. The number of piperidine rings is 1. The van der Waals surface area contributed by atoms with Crippen LogP contribution in [0.1, 0.15) is 12.8 Å². The van der Waals surface area contributed by atoms with E-state index >= 15 is 0 Å². The highest BCUT2D eigenvalue weighted by molar-refractivity contribution is 5.92. The normalized spacial score (nSPS) is 21.2. The van der Waals surface area contributed by atoms with E-state index in [9.17, 15) is 13.6 Å². The fourth-order valence-electron chi connectivity index (χ4n) is 2.82. The van der Waals surface area contributed by atoms with Gasteiger partial charge in [-0.15, -0.1) is 0 Å². The monoisotopic (exact) mass is 312 g/mol. The third-order valence-corrected chi connectivity index (χ3v) is 4.00. The van der Waals surface area contributed by atoms with E-state index in [2.05, 4.69) is 5.32 Å². The smallest absolute Gasteiger partial charge is 0.238 e. The highest BCUT2D eigenvalue weighted by atomic mass is 19.2. The molecule has 22 heavy (non-hydrogen) atoms. The molecule has 1 amide bonds. The van der Waals surface area contributed by atoms with Gasteiger partial charge in [0.15, 0.2) is 17.4 Å². The summed E-state index contributed by atoms with van der Waals surface area (Å²) < 4.78 is 37.2. The highest BCUT2D eigenvalue weighted by Gasteiger charge is 2.39. The molecular weight excluding hydrogens is 294 g/mol. The van der Waals surface area contributed by atoms with Crippen LogP contribution in [0.4, 0.5) is 14.5 Å². The summed E-state index contributed by atoms with van der Waals surface area (Å²) in [4.78, 5) is 13.9. The summed E-state index contributed by atoms with van der Waals surface area (Å²) in [5, 5.41) is 2.57. The maximum absolute atomic E-state index is 13.1. The molecule has 1 spiro atoms. The standard InChI is InChI=1S/C15H18F2N2O3/c16-12-2-1-11(9-13(12)17)18-14(20)10-19-5-3-15(4-6-19)21-7-8-22-15/h1-2,9H,3-8,10H2,(H,18,20). The van der Waals surface area contributed by atoms with Crippen molar-refractivity contribution in [2.45, 2.75) is 18.6 Å². The number of hydrogen-bond donors (Lipinski definition) is 1. The molecule has 2 aliphatic heterocycles. The second-order valence-corrected chi connectivity index (χ2v) is 5.56. The largest absolute Gasteiger partial charge is 0.347 e. The van der Waals surface area contributed by atoms with Gasteiger partial charge in [-0.05, 0) is 12.1 Å². The van der Waals surface area contributed by atoms with Crippen LogP contribution in [-0.2, 0) is 14.3 Å². The van der Waals surface area contributed by atoms with Gasteiger partial charge in [0, 0.05) is 37.7 Å². The minimum absolute atomic E-state index is 0.203. The Hall–Kier alpha value is -1.57. The van der Waals surface area contributed by atoms with Gasteiger partial charge in [-0.1, -0.05) is 0 Å². The van der Waals surface area contributed by atoms with Crippen LogP contribution in [-0.4, -0.2) is 49.4 Å². The Balaban J connectivity index is 1.49. The minimum atomic E-state index is -0.978. The molecule has 7 heteroatoms. The van der Waals surface area contributed by atoms with Crippen molar-refractivity contribution < 1.29 is 23.0 Å². The fraction of sp³-hybridized carbons (Fsp3) is 0.533. The number of ether oxygens (including phenoxy) is 2. The van der Waals surface area contributed by atoms with Crippen molar-refractivity contribution in [3.8, 4) is 0 Å². The van der Waals surface area contributed by atoms with Crippen LogP contribution in [0.5, 0.6) is 0 Å². The molecule has 5 nitrogen and oxygen atoms in total. The van der Waals surface area contributed by atoms with Crippen molar-refractivity contribution >= 4 is 11.6 Å². The van der Waals surface area contributed by atoms with Gasteiger partial charge in [0.05, 0.1) is 19.8 Å². The molecule has 120 valence electrons. The molecule has 0 atom stereocenters. The molecule has 1 N–H and O–H groups in total. The van der Waals surface area contributed by atoms with Gasteiger partial charge in [-0.25, -0.2) is 8.78 Å². The number of anilines is 1. The van der Waals surface area contributed by atoms with Crippen molar-refractivity contribution in [2.24, 2.45) is 0 Å². The molecule has 0 bridgehead atoms. The molecular formula is C15H18F2N2O3. The predicted molar refractivity (Wildman–Crippen MR) is 75.3 cm³/mol. The maximum Gasteiger partial charge on any atom is 0.238 e. The summed E-state index contributed by atoms with van der Waals surface area (Å²) in [6.45, 7) is 2.85. The first kappa shape index (κ1) is 15.3. The lowest BCUT2D eigenvalue weighted by Gasteiger charge is -2.37. The van der Waals surface area contributed by atoms with Gasteiger partial charge >= 0.3 is 0 Å². The van der Waals surface area contributed by atoms with E-state index < -0.39 is 17.4 Å². The average Bonchev–Trinajstić information content (AvgIpc) is 2.94. The Bertz CT molecular complexity index is 552. The van der Waals surface area contributed by atoms with E-state index in [1.807, 2.05) is 4.90 Å². The molecule has 2 heterocycles. The number of hydrogen-bond acceptors (Lipinski definition) is 4. The van der Waals surface area contributed by atoms with E-state index in [-0.39, 0.29) is 18.1 Å². The second-order valence-electron chi connectivity index (χ2n) is 5.56. The van der Waals surface area contributed by atoms with Crippen molar-refractivity contribution in [1.29, 1.82) is 0 Å². The van der Waals surface area contributed by atoms with Crippen LogP contribution < -0.4 is 5.32 Å². The lowest BCUT2D eigenvalue weighted by Crippen LogP contribution is -2.47. The van der Waals surface area contributed by atoms with Crippen molar-refractivity contribution in [1.82, 2.24) is 4.90 Å². The topological polar surface area (TPSA) is 50.8 Å². The predicted octanol–water partition coefficient (Wildman–Crippen LogP) is 1.74. The number of carbonyl (C=O) groups excluding carboxylic acids is 1. The quantitative estimate of drug-likeness (QED) is 0.924. The van der Waals surface area contributed by atoms with Gasteiger partial charge in [0.2, 0.25) is 5.91 Å². The zero-order chi connectivity index (χ0) is 15.6. The summed E-state index contributed by atoms with van der Waals surface area (Å²) >= 11 is 0. The second kappa shape index (κ2) is 6.28. The Morgan fingerprint density at radius 3 is 2.50 bits per heavy atom.